The standard InChI is InChI=1S/C11H13ClN2O/c1-13-5-4-10-9-6-7(12)2-3-8(9)11(15)14-10/h2-3,6,10,13H,4-5H2,1H3,(H,14,15). The smallest absolute Gasteiger partial charge is 0.252 e. The number of fused-ring (bicyclic) bond motifs is 1. The number of nitrogens with one attached hydrogen (secondary N) is 2. The first-order valence-corrected chi connectivity index (χ1v) is 5.35. The van der Waals surface area contributed by atoms with E-state index in [-0.39, 0.29) is 11.9 Å². The lowest BCUT2D eigenvalue weighted by Gasteiger charge is -2.10. The predicted molar refractivity (Wildman–Crippen MR) is 60.2 cm³/mol. The van der Waals surface area contributed by atoms with Crippen molar-refractivity contribution in [1.82, 2.24) is 10.6 Å². The molecule has 80 valence electrons. The van der Waals surface area contributed by atoms with Crippen LogP contribution in [-0.4, -0.2) is 19.5 Å². The Hall–Kier alpha value is -1.06. The molecule has 0 fully saturated rings. The fourth-order valence-corrected chi connectivity index (χ4v) is 2.04. The van der Waals surface area contributed by atoms with E-state index in [0.29, 0.717) is 5.02 Å². The van der Waals surface area contributed by atoms with E-state index in [1.165, 1.54) is 0 Å². The quantitative estimate of drug-likeness (QED) is 0.821. The molecule has 0 saturated carbocycles. The molecular formula is C11H13ClN2O. The molecule has 0 aliphatic carbocycles. The highest BCUT2D eigenvalue weighted by Gasteiger charge is 2.27. The summed E-state index contributed by atoms with van der Waals surface area (Å²) >= 11 is 5.92. The zero-order valence-electron chi connectivity index (χ0n) is 8.51. The number of carbonyl (C=O) groups excluding carboxylic acids is 1. The van der Waals surface area contributed by atoms with Crippen molar-refractivity contribution in [2.24, 2.45) is 0 Å². The number of hydrogen-bond acceptors (Lipinski definition) is 2. The largest absolute Gasteiger partial charge is 0.345 e. The third-order valence-corrected chi connectivity index (χ3v) is 2.86. The van der Waals surface area contributed by atoms with Gasteiger partial charge in [-0.15, -0.1) is 0 Å². The van der Waals surface area contributed by atoms with Gasteiger partial charge in [-0.25, -0.2) is 0 Å². The molecule has 1 heterocycles. The molecule has 1 aromatic rings. The van der Waals surface area contributed by atoms with E-state index in [4.69, 9.17) is 11.6 Å². The van der Waals surface area contributed by atoms with Crippen molar-refractivity contribution in [3.63, 3.8) is 0 Å². The van der Waals surface area contributed by atoms with Gasteiger partial charge < -0.3 is 10.6 Å². The Morgan fingerprint density at radius 1 is 1.53 bits per heavy atom. The first kappa shape index (κ1) is 10.5. The Balaban J connectivity index is 2.27. The minimum atomic E-state index is 0.00256. The number of carbonyl (C=O) groups is 1. The molecule has 4 heteroatoms. The lowest BCUT2D eigenvalue weighted by atomic mass is 10.0. The van der Waals surface area contributed by atoms with Crippen LogP contribution in [0.3, 0.4) is 0 Å². The van der Waals surface area contributed by atoms with Gasteiger partial charge in [0.2, 0.25) is 0 Å². The third kappa shape index (κ3) is 1.98. The number of rotatable bonds is 3. The molecule has 1 amide bonds. The fraction of sp³-hybridized carbons (Fsp3) is 0.364. The zero-order valence-corrected chi connectivity index (χ0v) is 9.27. The summed E-state index contributed by atoms with van der Waals surface area (Å²) in [5.41, 5.74) is 1.77. The van der Waals surface area contributed by atoms with Crippen LogP contribution in [0.25, 0.3) is 0 Å². The molecule has 3 nitrogen and oxygen atoms in total. The van der Waals surface area contributed by atoms with Crippen LogP contribution in [0, 0.1) is 0 Å². The van der Waals surface area contributed by atoms with Crippen molar-refractivity contribution in [3.8, 4) is 0 Å². The Morgan fingerprint density at radius 3 is 3.07 bits per heavy atom. The van der Waals surface area contributed by atoms with E-state index in [0.717, 1.165) is 24.1 Å². The van der Waals surface area contributed by atoms with Gasteiger partial charge in [0.1, 0.15) is 0 Å². The molecule has 1 atom stereocenters. The molecule has 1 aliphatic heterocycles. The number of hydrogen-bond donors (Lipinski definition) is 2. The van der Waals surface area contributed by atoms with Crippen LogP contribution in [0.4, 0.5) is 0 Å². The van der Waals surface area contributed by atoms with E-state index in [1.807, 2.05) is 13.1 Å². The fourth-order valence-electron chi connectivity index (χ4n) is 1.86. The molecule has 1 aromatic carbocycles. The van der Waals surface area contributed by atoms with E-state index < -0.39 is 0 Å². The summed E-state index contributed by atoms with van der Waals surface area (Å²) in [6.07, 6.45) is 0.885. The molecule has 1 aliphatic rings. The van der Waals surface area contributed by atoms with Gasteiger partial charge in [0.25, 0.3) is 5.91 Å². The van der Waals surface area contributed by atoms with Crippen LogP contribution < -0.4 is 10.6 Å². The summed E-state index contributed by atoms with van der Waals surface area (Å²) in [6, 6.07) is 5.50. The third-order valence-electron chi connectivity index (χ3n) is 2.62. The van der Waals surface area contributed by atoms with Gasteiger partial charge in [-0.05, 0) is 43.8 Å². The second-order valence-electron chi connectivity index (χ2n) is 3.65. The Morgan fingerprint density at radius 2 is 2.33 bits per heavy atom. The SMILES string of the molecule is CNCCC1NC(=O)c2ccc(Cl)cc21. The summed E-state index contributed by atoms with van der Waals surface area (Å²) < 4.78 is 0. The molecule has 2 N–H and O–H groups in total. The maximum absolute atomic E-state index is 11.6. The zero-order chi connectivity index (χ0) is 10.8. The normalized spacial score (nSPS) is 18.8. The second kappa shape index (κ2) is 4.21. The molecule has 0 aromatic heterocycles. The molecule has 0 spiro atoms. The van der Waals surface area contributed by atoms with Crippen LogP contribution in [0.2, 0.25) is 5.02 Å². The lowest BCUT2D eigenvalue weighted by molar-refractivity contribution is 0.0955. The first-order chi connectivity index (χ1) is 7.22. The summed E-state index contributed by atoms with van der Waals surface area (Å²) in [4.78, 5) is 11.6. The highest BCUT2D eigenvalue weighted by molar-refractivity contribution is 6.30. The van der Waals surface area contributed by atoms with E-state index in [2.05, 4.69) is 10.6 Å². The Bertz CT molecular complexity index is 392. The molecule has 0 bridgehead atoms. The van der Waals surface area contributed by atoms with Crippen molar-refractivity contribution in [3.05, 3.63) is 34.3 Å². The van der Waals surface area contributed by atoms with Crippen molar-refractivity contribution >= 4 is 17.5 Å². The van der Waals surface area contributed by atoms with Crippen molar-refractivity contribution in [1.29, 1.82) is 0 Å². The summed E-state index contributed by atoms with van der Waals surface area (Å²) in [5, 5.41) is 6.69. The monoisotopic (exact) mass is 224 g/mol. The van der Waals surface area contributed by atoms with Crippen LogP contribution in [-0.2, 0) is 0 Å². The molecular weight excluding hydrogens is 212 g/mol. The topological polar surface area (TPSA) is 41.1 Å². The van der Waals surface area contributed by atoms with E-state index in [9.17, 15) is 4.79 Å². The molecule has 0 radical (unpaired) electrons. The van der Waals surface area contributed by atoms with Crippen LogP contribution in [0.5, 0.6) is 0 Å². The highest BCUT2D eigenvalue weighted by atomic mass is 35.5. The van der Waals surface area contributed by atoms with Gasteiger partial charge in [-0.1, -0.05) is 11.6 Å². The summed E-state index contributed by atoms with van der Waals surface area (Å²) in [5.74, 6) is 0.00256. The summed E-state index contributed by atoms with van der Waals surface area (Å²) in [6.45, 7) is 0.872. The van der Waals surface area contributed by atoms with Crippen LogP contribution in [0.15, 0.2) is 18.2 Å². The average Bonchev–Trinajstić information content (AvgIpc) is 2.52. The summed E-state index contributed by atoms with van der Waals surface area (Å²) in [7, 11) is 1.90. The molecule has 2 rings (SSSR count). The van der Waals surface area contributed by atoms with Crippen molar-refractivity contribution in [2.45, 2.75) is 12.5 Å². The highest BCUT2D eigenvalue weighted by Crippen LogP contribution is 2.29. The maximum Gasteiger partial charge on any atom is 0.252 e. The average molecular weight is 225 g/mol. The van der Waals surface area contributed by atoms with Crippen molar-refractivity contribution in [2.75, 3.05) is 13.6 Å². The van der Waals surface area contributed by atoms with E-state index >= 15 is 0 Å². The van der Waals surface area contributed by atoms with Crippen LogP contribution >= 0.6 is 11.6 Å². The van der Waals surface area contributed by atoms with Gasteiger partial charge in [0.15, 0.2) is 0 Å². The lowest BCUT2D eigenvalue weighted by Crippen LogP contribution is -2.22. The predicted octanol–water partition coefficient (Wildman–Crippen LogP) is 1.73. The van der Waals surface area contributed by atoms with Gasteiger partial charge in [-0.2, -0.15) is 0 Å². The maximum atomic E-state index is 11.6. The Kier molecular flexibility index (Phi) is 2.93. The van der Waals surface area contributed by atoms with Gasteiger partial charge in [0, 0.05) is 10.6 Å². The minimum Gasteiger partial charge on any atom is -0.345 e. The van der Waals surface area contributed by atoms with Crippen LogP contribution in [0.1, 0.15) is 28.4 Å². The number of benzene rings is 1. The molecule has 0 saturated heterocycles. The number of amides is 1. The van der Waals surface area contributed by atoms with Gasteiger partial charge in [0.05, 0.1) is 6.04 Å². The Labute approximate surface area is 93.8 Å². The van der Waals surface area contributed by atoms with E-state index in [1.54, 1.807) is 12.1 Å². The number of halogens is 1. The molecule has 15 heavy (non-hydrogen) atoms. The second-order valence-corrected chi connectivity index (χ2v) is 4.09. The molecule has 1 unspecified atom stereocenters. The first-order valence-electron chi connectivity index (χ1n) is 4.97. The minimum absolute atomic E-state index is 0.00256. The van der Waals surface area contributed by atoms with Gasteiger partial charge >= 0.3 is 0 Å². The van der Waals surface area contributed by atoms with Crippen molar-refractivity contribution < 1.29 is 4.79 Å². The van der Waals surface area contributed by atoms with Gasteiger partial charge in [-0.3, -0.25) is 4.79 Å².